The molecule has 5 nitrogen and oxygen atoms in total. The van der Waals surface area contributed by atoms with Crippen molar-refractivity contribution in [2.75, 3.05) is 13.1 Å². The molecule has 3 aromatic rings. The van der Waals surface area contributed by atoms with Gasteiger partial charge in [-0.3, -0.25) is 9.78 Å². The average Bonchev–Trinajstić information content (AvgIpc) is 2.76. The van der Waals surface area contributed by atoms with Gasteiger partial charge in [-0.25, -0.2) is 9.97 Å². The molecule has 1 aliphatic rings. The van der Waals surface area contributed by atoms with Gasteiger partial charge in [-0.05, 0) is 55.7 Å². The number of piperidine rings is 1. The molecule has 0 bridgehead atoms. The van der Waals surface area contributed by atoms with Crippen molar-refractivity contribution < 1.29 is 4.79 Å². The van der Waals surface area contributed by atoms with Gasteiger partial charge in [0.25, 0.3) is 5.91 Å². The molecular formula is C22H20Cl2N4O. The van der Waals surface area contributed by atoms with Gasteiger partial charge in [0.05, 0.1) is 15.7 Å². The highest BCUT2D eigenvalue weighted by atomic mass is 35.5. The fourth-order valence-corrected chi connectivity index (χ4v) is 4.05. The van der Waals surface area contributed by atoms with E-state index in [0.29, 0.717) is 28.7 Å². The van der Waals surface area contributed by atoms with Gasteiger partial charge in [-0.15, -0.1) is 0 Å². The molecule has 0 aliphatic carbocycles. The monoisotopic (exact) mass is 426 g/mol. The fourth-order valence-electron chi connectivity index (χ4n) is 3.75. The Bertz CT molecular complexity index is 1040. The first-order chi connectivity index (χ1) is 14.0. The van der Waals surface area contributed by atoms with Crippen LogP contribution in [-0.4, -0.2) is 38.8 Å². The van der Waals surface area contributed by atoms with Crippen molar-refractivity contribution in [2.24, 2.45) is 0 Å². The second-order valence-electron chi connectivity index (χ2n) is 7.17. The van der Waals surface area contributed by atoms with E-state index in [4.69, 9.17) is 28.2 Å². The van der Waals surface area contributed by atoms with Crippen molar-refractivity contribution in [3.8, 4) is 11.1 Å². The van der Waals surface area contributed by atoms with E-state index in [1.807, 2.05) is 30.2 Å². The molecule has 4 rings (SSSR count). The normalized spacial score (nSPS) is 16.7. The van der Waals surface area contributed by atoms with Crippen LogP contribution in [0.4, 0.5) is 0 Å². The van der Waals surface area contributed by atoms with Gasteiger partial charge >= 0.3 is 0 Å². The Morgan fingerprint density at radius 1 is 1.14 bits per heavy atom. The van der Waals surface area contributed by atoms with Gasteiger partial charge in [0.1, 0.15) is 5.82 Å². The molecule has 0 saturated carbocycles. The lowest BCUT2D eigenvalue weighted by Crippen LogP contribution is -2.39. The Hall–Kier alpha value is -2.50. The third-order valence-corrected chi connectivity index (χ3v) is 5.93. The zero-order valence-corrected chi connectivity index (χ0v) is 17.5. The molecule has 0 N–H and O–H groups in total. The minimum absolute atomic E-state index is 0.0375. The number of halogens is 2. The molecule has 1 saturated heterocycles. The molecule has 0 unspecified atom stereocenters. The van der Waals surface area contributed by atoms with Gasteiger partial charge in [0.2, 0.25) is 0 Å². The molecule has 148 valence electrons. The van der Waals surface area contributed by atoms with E-state index in [-0.39, 0.29) is 11.8 Å². The minimum atomic E-state index is -0.0375. The number of pyridine rings is 1. The molecule has 1 amide bonds. The molecular weight excluding hydrogens is 407 g/mol. The maximum absolute atomic E-state index is 13.0. The molecule has 2 aromatic heterocycles. The minimum Gasteiger partial charge on any atom is -0.338 e. The van der Waals surface area contributed by atoms with Crippen molar-refractivity contribution in [3.05, 3.63) is 76.0 Å². The molecule has 0 radical (unpaired) electrons. The Kier molecular flexibility index (Phi) is 5.79. The van der Waals surface area contributed by atoms with Crippen LogP contribution in [-0.2, 0) is 0 Å². The zero-order valence-electron chi connectivity index (χ0n) is 16.0. The second-order valence-corrected chi connectivity index (χ2v) is 7.99. The van der Waals surface area contributed by atoms with Crippen molar-refractivity contribution in [1.29, 1.82) is 0 Å². The number of likely N-dealkylation sites (tertiary alicyclic amines) is 1. The van der Waals surface area contributed by atoms with Gasteiger partial charge < -0.3 is 4.90 Å². The number of hydrogen-bond acceptors (Lipinski definition) is 4. The average molecular weight is 427 g/mol. The molecule has 1 aliphatic heterocycles. The summed E-state index contributed by atoms with van der Waals surface area (Å²) in [6.45, 7) is 3.21. The van der Waals surface area contributed by atoms with Gasteiger partial charge in [-0.1, -0.05) is 23.2 Å². The SMILES string of the molecule is Cc1ncc(-c2ccncc2)c([C@@H]2CCCN(C(=O)c3ccc(Cl)c(Cl)c3)C2)n1. The molecule has 29 heavy (non-hydrogen) atoms. The lowest BCUT2D eigenvalue weighted by molar-refractivity contribution is 0.0706. The first-order valence-electron chi connectivity index (χ1n) is 9.51. The van der Waals surface area contributed by atoms with Crippen LogP contribution < -0.4 is 0 Å². The van der Waals surface area contributed by atoms with Crippen LogP contribution >= 0.6 is 23.2 Å². The molecule has 3 heterocycles. The summed E-state index contributed by atoms with van der Waals surface area (Å²) in [6.07, 6.45) is 7.28. The topological polar surface area (TPSA) is 59.0 Å². The second kappa shape index (κ2) is 8.47. The summed E-state index contributed by atoms with van der Waals surface area (Å²) in [6, 6.07) is 8.93. The largest absolute Gasteiger partial charge is 0.338 e. The zero-order chi connectivity index (χ0) is 20.4. The van der Waals surface area contributed by atoms with Crippen LogP contribution in [0, 0.1) is 6.92 Å². The quantitative estimate of drug-likeness (QED) is 0.579. The Morgan fingerprint density at radius 3 is 2.69 bits per heavy atom. The third-order valence-electron chi connectivity index (χ3n) is 5.19. The molecule has 1 atom stereocenters. The van der Waals surface area contributed by atoms with Crippen LogP contribution in [0.3, 0.4) is 0 Å². The predicted molar refractivity (Wildman–Crippen MR) is 114 cm³/mol. The number of aryl methyl sites for hydroxylation is 1. The van der Waals surface area contributed by atoms with Crippen LogP contribution in [0.15, 0.2) is 48.9 Å². The predicted octanol–water partition coefficient (Wildman–Crippen LogP) is 5.17. The van der Waals surface area contributed by atoms with Gasteiger partial charge in [0, 0.05) is 48.7 Å². The van der Waals surface area contributed by atoms with Crippen LogP contribution in [0.1, 0.15) is 40.6 Å². The number of amides is 1. The fraction of sp³-hybridized carbons (Fsp3) is 0.273. The molecule has 1 aromatic carbocycles. The Balaban J connectivity index is 1.63. The standard InChI is InChI=1S/C22H20Cl2N4O/c1-14-26-12-18(15-6-8-25-9-7-15)21(27-14)17-3-2-10-28(13-17)22(29)16-4-5-19(23)20(24)11-16/h4-9,11-12,17H,2-3,10,13H2,1H3/t17-/m1/s1. The molecule has 1 fully saturated rings. The summed E-state index contributed by atoms with van der Waals surface area (Å²) in [4.78, 5) is 28.2. The summed E-state index contributed by atoms with van der Waals surface area (Å²) in [7, 11) is 0. The number of benzene rings is 1. The summed E-state index contributed by atoms with van der Waals surface area (Å²) >= 11 is 12.1. The maximum atomic E-state index is 13.0. The summed E-state index contributed by atoms with van der Waals surface area (Å²) < 4.78 is 0. The summed E-state index contributed by atoms with van der Waals surface area (Å²) in [5.74, 6) is 0.829. The van der Waals surface area contributed by atoms with E-state index in [0.717, 1.165) is 35.5 Å². The summed E-state index contributed by atoms with van der Waals surface area (Å²) in [5, 5.41) is 0.829. The van der Waals surface area contributed by atoms with E-state index in [1.165, 1.54) is 0 Å². The number of carbonyl (C=O) groups excluding carboxylic acids is 1. The number of rotatable bonds is 3. The first-order valence-corrected chi connectivity index (χ1v) is 10.3. The number of carbonyl (C=O) groups is 1. The van der Waals surface area contributed by atoms with Crippen LogP contribution in [0.2, 0.25) is 10.0 Å². The van der Waals surface area contributed by atoms with Crippen molar-refractivity contribution in [2.45, 2.75) is 25.7 Å². The highest BCUT2D eigenvalue weighted by molar-refractivity contribution is 6.42. The van der Waals surface area contributed by atoms with E-state index >= 15 is 0 Å². The lowest BCUT2D eigenvalue weighted by Gasteiger charge is -2.33. The van der Waals surface area contributed by atoms with E-state index in [9.17, 15) is 4.79 Å². The highest BCUT2D eigenvalue weighted by Crippen LogP contribution is 2.33. The smallest absolute Gasteiger partial charge is 0.253 e. The van der Waals surface area contributed by atoms with Gasteiger partial charge in [0.15, 0.2) is 0 Å². The number of aromatic nitrogens is 3. The maximum Gasteiger partial charge on any atom is 0.253 e. The van der Waals surface area contributed by atoms with Crippen LogP contribution in [0.25, 0.3) is 11.1 Å². The Morgan fingerprint density at radius 2 is 1.93 bits per heavy atom. The van der Waals surface area contributed by atoms with E-state index < -0.39 is 0 Å². The van der Waals surface area contributed by atoms with E-state index in [1.54, 1.807) is 30.6 Å². The van der Waals surface area contributed by atoms with Crippen LogP contribution in [0.5, 0.6) is 0 Å². The van der Waals surface area contributed by atoms with Gasteiger partial charge in [-0.2, -0.15) is 0 Å². The Labute approximate surface area is 179 Å². The van der Waals surface area contributed by atoms with E-state index in [2.05, 4.69) is 9.97 Å². The highest BCUT2D eigenvalue weighted by Gasteiger charge is 2.28. The third kappa shape index (κ3) is 4.26. The molecule has 7 heteroatoms. The van der Waals surface area contributed by atoms with Crippen molar-refractivity contribution in [3.63, 3.8) is 0 Å². The van der Waals surface area contributed by atoms with Crippen molar-refractivity contribution >= 4 is 29.1 Å². The number of hydrogen-bond donors (Lipinski definition) is 0. The van der Waals surface area contributed by atoms with Crippen molar-refractivity contribution in [1.82, 2.24) is 19.9 Å². The first kappa shape index (κ1) is 19.8. The molecule has 0 spiro atoms. The lowest BCUT2D eigenvalue weighted by atomic mass is 9.89. The summed E-state index contributed by atoms with van der Waals surface area (Å²) in [5.41, 5.74) is 3.55. The number of nitrogens with zero attached hydrogens (tertiary/aromatic N) is 4.